The summed E-state index contributed by atoms with van der Waals surface area (Å²) in [6, 6.07) is 7.72. The number of nitrogens with one attached hydrogen (secondary N) is 1. The number of benzene rings is 1. The van der Waals surface area contributed by atoms with Gasteiger partial charge in [0.2, 0.25) is 5.91 Å². The molecule has 4 nitrogen and oxygen atoms in total. The number of thioether (sulfide) groups is 1. The monoisotopic (exact) mass is 331 g/mol. The topological polar surface area (TPSA) is 66.4 Å². The number of hydrogen-bond donors (Lipinski definition) is 2. The van der Waals surface area contributed by atoms with Gasteiger partial charge in [-0.1, -0.05) is 22.0 Å². The highest BCUT2D eigenvalue weighted by molar-refractivity contribution is 9.10. The molecule has 0 atom stereocenters. The summed E-state index contributed by atoms with van der Waals surface area (Å²) >= 11 is 4.81. The molecule has 0 aliphatic carbocycles. The number of carboxylic acids is 1. The molecule has 98 valence electrons. The fourth-order valence-corrected chi connectivity index (χ4v) is 2.56. The molecule has 0 saturated carbocycles. The Hall–Kier alpha value is -1.01. The van der Waals surface area contributed by atoms with E-state index in [-0.39, 0.29) is 12.3 Å². The minimum absolute atomic E-state index is 0.0784. The van der Waals surface area contributed by atoms with Crippen LogP contribution in [0.15, 0.2) is 33.6 Å². The highest BCUT2D eigenvalue weighted by atomic mass is 79.9. The maximum absolute atomic E-state index is 11.5. The molecule has 0 radical (unpaired) electrons. The van der Waals surface area contributed by atoms with Crippen LogP contribution in [0.3, 0.4) is 0 Å². The summed E-state index contributed by atoms with van der Waals surface area (Å²) in [5, 5.41) is 11.1. The van der Waals surface area contributed by atoms with Crippen molar-refractivity contribution >= 4 is 39.6 Å². The van der Waals surface area contributed by atoms with E-state index in [0.717, 1.165) is 9.37 Å². The molecule has 1 rings (SSSR count). The summed E-state index contributed by atoms with van der Waals surface area (Å²) in [5.41, 5.74) is 0. The van der Waals surface area contributed by atoms with Crippen LogP contribution >= 0.6 is 27.7 Å². The third-order valence-corrected chi connectivity index (χ3v) is 3.54. The fourth-order valence-electron chi connectivity index (χ4n) is 1.22. The molecule has 1 amide bonds. The number of carbonyl (C=O) groups is 2. The molecular formula is C12H14BrNO3S. The number of amides is 1. The molecule has 2 N–H and O–H groups in total. The average molecular weight is 332 g/mol. The molecular weight excluding hydrogens is 318 g/mol. The van der Waals surface area contributed by atoms with E-state index in [1.165, 1.54) is 11.8 Å². The number of halogens is 1. The Morgan fingerprint density at radius 3 is 2.83 bits per heavy atom. The molecule has 0 aliphatic heterocycles. The Morgan fingerprint density at radius 1 is 1.39 bits per heavy atom. The Kier molecular flexibility index (Phi) is 6.82. The van der Waals surface area contributed by atoms with Gasteiger partial charge >= 0.3 is 5.97 Å². The number of hydrogen-bond acceptors (Lipinski definition) is 3. The van der Waals surface area contributed by atoms with Crippen molar-refractivity contribution in [2.45, 2.75) is 17.7 Å². The van der Waals surface area contributed by atoms with Crippen molar-refractivity contribution in [1.29, 1.82) is 0 Å². The van der Waals surface area contributed by atoms with Crippen molar-refractivity contribution in [3.05, 3.63) is 28.7 Å². The summed E-state index contributed by atoms with van der Waals surface area (Å²) in [5.74, 6) is -0.582. The summed E-state index contributed by atoms with van der Waals surface area (Å²) in [6.45, 7) is 0.407. The van der Waals surface area contributed by atoms with Crippen molar-refractivity contribution < 1.29 is 14.7 Å². The van der Waals surface area contributed by atoms with Crippen LogP contribution in [0.2, 0.25) is 0 Å². The van der Waals surface area contributed by atoms with E-state index in [0.29, 0.717) is 18.7 Å². The highest BCUT2D eigenvalue weighted by Gasteiger charge is 2.03. The first-order valence-corrected chi connectivity index (χ1v) is 7.22. The Morgan fingerprint density at radius 2 is 2.17 bits per heavy atom. The Labute approximate surface area is 118 Å². The third-order valence-electron chi connectivity index (χ3n) is 2.06. The van der Waals surface area contributed by atoms with E-state index in [4.69, 9.17) is 5.11 Å². The zero-order chi connectivity index (χ0) is 13.4. The second-order valence-corrected chi connectivity index (χ2v) is 5.56. The minimum atomic E-state index is -0.840. The van der Waals surface area contributed by atoms with E-state index in [1.807, 2.05) is 24.3 Å². The standard InChI is InChI=1S/C12H14BrNO3S/c13-9-3-1-4-10(7-9)18-8-11(15)14-6-2-5-12(16)17/h1,3-4,7H,2,5-6,8H2,(H,14,15)(H,16,17). The van der Waals surface area contributed by atoms with Gasteiger partial charge < -0.3 is 10.4 Å². The van der Waals surface area contributed by atoms with Crippen LogP contribution in [0.1, 0.15) is 12.8 Å². The zero-order valence-electron chi connectivity index (χ0n) is 9.69. The van der Waals surface area contributed by atoms with Gasteiger partial charge in [0, 0.05) is 22.3 Å². The number of carboxylic acid groups (broad SMARTS) is 1. The minimum Gasteiger partial charge on any atom is -0.481 e. The van der Waals surface area contributed by atoms with Gasteiger partial charge in [-0.15, -0.1) is 11.8 Å². The Bertz CT molecular complexity index is 426. The van der Waals surface area contributed by atoms with Crippen molar-refractivity contribution in [3.8, 4) is 0 Å². The van der Waals surface area contributed by atoms with Crippen LogP contribution in [0.25, 0.3) is 0 Å². The van der Waals surface area contributed by atoms with Gasteiger partial charge in [-0.05, 0) is 24.6 Å². The number of aliphatic carboxylic acids is 1. The van der Waals surface area contributed by atoms with Crippen LogP contribution in [0, 0.1) is 0 Å². The number of carbonyl (C=O) groups excluding carboxylic acids is 1. The van der Waals surface area contributed by atoms with E-state index in [1.54, 1.807) is 0 Å². The van der Waals surface area contributed by atoms with Crippen molar-refractivity contribution in [1.82, 2.24) is 5.32 Å². The average Bonchev–Trinajstić information content (AvgIpc) is 2.32. The van der Waals surface area contributed by atoms with Crippen LogP contribution < -0.4 is 5.32 Å². The second kappa shape index (κ2) is 8.16. The van der Waals surface area contributed by atoms with E-state index >= 15 is 0 Å². The lowest BCUT2D eigenvalue weighted by Gasteiger charge is -2.04. The van der Waals surface area contributed by atoms with Gasteiger partial charge in [0.25, 0.3) is 0 Å². The van der Waals surface area contributed by atoms with Gasteiger partial charge in [0.15, 0.2) is 0 Å². The second-order valence-electron chi connectivity index (χ2n) is 3.59. The first-order valence-electron chi connectivity index (χ1n) is 5.45. The molecule has 1 aromatic carbocycles. The molecule has 0 aliphatic rings. The number of rotatable bonds is 7. The Balaban J connectivity index is 2.19. The predicted molar refractivity (Wildman–Crippen MR) is 74.7 cm³/mol. The maximum atomic E-state index is 11.5. The smallest absolute Gasteiger partial charge is 0.303 e. The van der Waals surface area contributed by atoms with E-state index in [9.17, 15) is 9.59 Å². The lowest BCUT2D eigenvalue weighted by atomic mass is 10.3. The molecule has 18 heavy (non-hydrogen) atoms. The predicted octanol–water partition coefficient (Wildman–Crippen LogP) is 2.52. The molecule has 0 saturated heterocycles. The quantitative estimate of drug-likeness (QED) is 0.595. The largest absolute Gasteiger partial charge is 0.481 e. The van der Waals surface area contributed by atoms with Gasteiger partial charge in [0.1, 0.15) is 0 Å². The normalized spacial score (nSPS) is 10.1. The van der Waals surface area contributed by atoms with Crippen LogP contribution in [0.5, 0.6) is 0 Å². The van der Waals surface area contributed by atoms with E-state index < -0.39 is 5.97 Å². The summed E-state index contributed by atoms with van der Waals surface area (Å²) in [4.78, 5) is 22.7. The lowest BCUT2D eigenvalue weighted by Crippen LogP contribution is -2.26. The van der Waals surface area contributed by atoms with Gasteiger partial charge in [-0.2, -0.15) is 0 Å². The molecule has 1 aromatic rings. The lowest BCUT2D eigenvalue weighted by molar-refractivity contribution is -0.137. The molecule has 0 unspecified atom stereocenters. The SMILES string of the molecule is O=C(O)CCCNC(=O)CSc1cccc(Br)c1. The summed E-state index contributed by atoms with van der Waals surface area (Å²) in [6.07, 6.45) is 0.543. The molecule has 0 fully saturated rings. The van der Waals surface area contributed by atoms with Crippen LogP contribution in [-0.2, 0) is 9.59 Å². The van der Waals surface area contributed by atoms with Gasteiger partial charge in [0.05, 0.1) is 5.75 Å². The highest BCUT2D eigenvalue weighted by Crippen LogP contribution is 2.21. The maximum Gasteiger partial charge on any atom is 0.303 e. The first kappa shape index (κ1) is 15.0. The fraction of sp³-hybridized carbons (Fsp3) is 0.333. The molecule has 0 aromatic heterocycles. The van der Waals surface area contributed by atoms with E-state index in [2.05, 4.69) is 21.2 Å². The molecule has 0 heterocycles. The van der Waals surface area contributed by atoms with Crippen molar-refractivity contribution in [3.63, 3.8) is 0 Å². The first-order chi connectivity index (χ1) is 8.58. The molecule has 0 spiro atoms. The molecule has 6 heteroatoms. The summed E-state index contributed by atoms with van der Waals surface area (Å²) < 4.78 is 0.981. The summed E-state index contributed by atoms with van der Waals surface area (Å²) in [7, 11) is 0. The zero-order valence-corrected chi connectivity index (χ0v) is 12.1. The van der Waals surface area contributed by atoms with Gasteiger partial charge in [-0.3, -0.25) is 9.59 Å². The third kappa shape index (κ3) is 6.66. The van der Waals surface area contributed by atoms with Crippen LogP contribution in [-0.4, -0.2) is 29.3 Å². The van der Waals surface area contributed by atoms with Crippen LogP contribution in [0.4, 0.5) is 0 Å². The van der Waals surface area contributed by atoms with Crippen molar-refractivity contribution in [2.75, 3.05) is 12.3 Å². The van der Waals surface area contributed by atoms with Gasteiger partial charge in [-0.25, -0.2) is 0 Å². The van der Waals surface area contributed by atoms with Crippen molar-refractivity contribution in [2.24, 2.45) is 0 Å². The molecule has 0 bridgehead atoms.